The minimum atomic E-state index is -0.586. The first-order valence-electron chi connectivity index (χ1n) is 11.4. The Balaban J connectivity index is 1.34. The van der Waals surface area contributed by atoms with Gasteiger partial charge in [-0.25, -0.2) is 9.97 Å². The van der Waals surface area contributed by atoms with Crippen molar-refractivity contribution in [2.75, 3.05) is 33.4 Å². The van der Waals surface area contributed by atoms with Crippen LogP contribution in [0.1, 0.15) is 36.8 Å². The van der Waals surface area contributed by atoms with Crippen LogP contribution in [0.4, 0.5) is 0 Å². The molecule has 3 atom stereocenters. The van der Waals surface area contributed by atoms with Gasteiger partial charge < -0.3 is 14.9 Å². The minimum Gasteiger partial charge on any atom is -0.497 e. The number of aliphatic hydroxyl groups excluding tert-OH is 2. The Labute approximate surface area is 194 Å². The Morgan fingerprint density at radius 3 is 2.79 bits per heavy atom. The molecule has 7 heteroatoms. The van der Waals surface area contributed by atoms with Crippen molar-refractivity contribution in [3.05, 3.63) is 60.3 Å². The van der Waals surface area contributed by atoms with E-state index >= 15 is 0 Å². The molecule has 1 aromatic carbocycles. The van der Waals surface area contributed by atoms with Crippen molar-refractivity contribution in [2.45, 2.75) is 25.4 Å². The highest BCUT2D eigenvalue weighted by Gasteiger charge is 2.29. The molecule has 2 N–H and O–H groups in total. The Morgan fingerprint density at radius 1 is 1.15 bits per heavy atom. The van der Waals surface area contributed by atoms with Gasteiger partial charge in [-0.1, -0.05) is 5.92 Å². The van der Waals surface area contributed by atoms with Crippen molar-refractivity contribution in [3.8, 4) is 17.6 Å². The summed E-state index contributed by atoms with van der Waals surface area (Å²) in [6.07, 6.45) is 7.00. The van der Waals surface area contributed by atoms with Crippen molar-refractivity contribution in [3.63, 3.8) is 0 Å². The molecule has 0 spiro atoms. The van der Waals surface area contributed by atoms with E-state index in [0.717, 1.165) is 48.1 Å². The van der Waals surface area contributed by atoms with Crippen LogP contribution in [0.15, 0.2) is 48.9 Å². The van der Waals surface area contributed by atoms with Crippen LogP contribution >= 0.6 is 0 Å². The Hall–Kier alpha value is -3.05. The summed E-state index contributed by atoms with van der Waals surface area (Å²) in [6.45, 7) is 2.50. The number of methoxy groups -OCH3 is 1. The highest BCUT2D eigenvalue weighted by atomic mass is 16.5. The van der Waals surface area contributed by atoms with Crippen LogP contribution in [-0.2, 0) is 0 Å². The summed E-state index contributed by atoms with van der Waals surface area (Å²) in [6, 6.07) is 9.37. The number of nitrogens with zero attached hydrogens (tertiary/aromatic N) is 4. The predicted molar refractivity (Wildman–Crippen MR) is 127 cm³/mol. The van der Waals surface area contributed by atoms with Gasteiger partial charge in [-0.05, 0) is 79.5 Å². The van der Waals surface area contributed by atoms with E-state index in [1.165, 1.54) is 0 Å². The molecule has 0 saturated carbocycles. The molecule has 1 aliphatic heterocycles. The smallest absolute Gasteiger partial charge is 0.204 e. The highest BCUT2D eigenvalue weighted by Crippen LogP contribution is 2.33. The van der Waals surface area contributed by atoms with E-state index in [9.17, 15) is 10.2 Å². The standard InChI is InChI=1S/C26H30N4O3/c1-33-21-6-7-24-23(16-21)22(9-13-27-24)25(32)8-5-19-10-15-30(17-20(19)18-31)14-2-4-26-28-11-3-12-29-26/h3,6-7,9,11-13,16,19-20,25,31-32H,5,8,10,14-15,17-18H2,1H3/t19-,20-,25-/m1/s1. The number of aromatic nitrogens is 3. The predicted octanol–water partition coefficient (Wildman–Crippen LogP) is 2.83. The third-order valence-corrected chi connectivity index (χ3v) is 6.43. The van der Waals surface area contributed by atoms with Gasteiger partial charge in [0.25, 0.3) is 0 Å². The molecule has 2 aromatic heterocycles. The lowest BCUT2D eigenvalue weighted by molar-refractivity contribution is 0.0640. The molecule has 0 amide bonds. The molecule has 4 rings (SSSR count). The first-order chi connectivity index (χ1) is 16.2. The minimum absolute atomic E-state index is 0.141. The second-order valence-corrected chi connectivity index (χ2v) is 8.48. The summed E-state index contributed by atoms with van der Waals surface area (Å²) in [5.41, 5.74) is 1.71. The molecule has 0 unspecified atom stereocenters. The molecule has 0 bridgehead atoms. The number of likely N-dealkylation sites (tertiary alicyclic amines) is 1. The van der Waals surface area contributed by atoms with Gasteiger partial charge in [0.15, 0.2) is 0 Å². The van der Waals surface area contributed by atoms with Gasteiger partial charge in [0.2, 0.25) is 5.82 Å². The third kappa shape index (κ3) is 5.85. The first-order valence-corrected chi connectivity index (χ1v) is 11.4. The topological polar surface area (TPSA) is 91.6 Å². The Morgan fingerprint density at radius 2 is 2.00 bits per heavy atom. The molecule has 3 aromatic rings. The summed E-state index contributed by atoms with van der Waals surface area (Å²) in [5.74, 6) is 7.96. The summed E-state index contributed by atoms with van der Waals surface area (Å²) >= 11 is 0. The zero-order valence-corrected chi connectivity index (χ0v) is 18.9. The molecule has 1 fully saturated rings. The van der Waals surface area contributed by atoms with Gasteiger partial charge in [-0.2, -0.15) is 0 Å². The van der Waals surface area contributed by atoms with Gasteiger partial charge in [0, 0.05) is 37.1 Å². The summed E-state index contributed by atoms with van der Waals surface area (Å²) in [7, 11) is 1.63. The zero-order chi connectivity index (χ0) is 23.0. The van der Waals surface area contributed by atoms with Crippen LogP contribution in [0.2, 0.25) is 0 Å². The van der Waals surface area contributed by atoms with E-state index < -0.39 is 6.10 Å². The molecule has 7 nitrogen and oxygen atoms in total. The fourth-order valence-corrected chi connectivity index (χ4v) is 4.57. The van der Waals surface area contributed by atoms with E-state index in [2.05, 4.69) is 31.7 Å². The number of hydrogen-bond acceptors (Lipinski definition) is 7. The van der Waals surface area contributed by atoms with Crippen LogP contribution in [-0.4, -0.2) is 63.4 Å². The average molecular weight is 447 g/mol. The fraction of sp³-hybridized carbons (Fsp3) is 0.423. The fourth-order valence-electron chi connectivity index (χ4n) is 4.57. The Bertz CT molecular complexity index is 1110. The van der Waals surface area contributed by atoms with Gasteiger partial charge in [-0.3, -0.25) is 9.88 Å². The Kier molecular flexibility index (Phi) is 7.84. The number of aliphatic hydroxyl groups is 2. The molecule has 0 radical (unpaired) electrons. The largest absolute Gasteiger partial charge is 0.497 e. The maximum absolute atomic E-state index is 11.0. The quantitative estimate of drug-likeness (QED) is 0.539. The molecular formula is C26H30N4O3. The van der Waals surface area contributed by atoms with Crippen LogP contribution in [0.25, 0.3) is 10.9 Å². The average Bonchev–Trinajstić information content (AvgIpc) is 2.87. The van der Waals surface area contributed by atoms with Crippen molar-refractivity contribution >= 4 is 10.9 Å². The number of piperidine rings is 1. The van der Waals surface area contributed by atoms with Gasteiger partial charge in [-0.15, -0.1) is 0 Å². The molecule has 33 heavy (non-hydrogen) atoms. The first kappa shape index (κ1) is 23.1. The van der Waals surface area contributed by atoms with E-state index in [-0.39, 0.29) is 12.5 Å². The van der Waals surface area contributed by atoms with Crippen LogP contribution in [0, 0.1) is 23.7 Å². The van der Waals surface area contributed by atoms with Crippen molar-refractivity contribution in [1.29, 1.82) is 0 Å². The van der Waals surface area contributed by atoms with E-state index in [4.69, 9.17) is 4.74 Å². The summed E-state index contributed by atoms with van der Waals surface area (Å²) in [4.78, 5) is 14.9. The third-order valence-electron chi connectivity index (χ3n) is 6.43. The number of pyridine rings is 1. The van der Waals surface area contributed by atoms with Crippen LogP contribution in [0.3, 0.4) is 0 Å². The lowest BCUT2D eigenvalue weighted by Crippen LogP contribution is -2.42. The number of fused-ring (bicyclic) bond motifs is 1. The number of benzene rings is 1. The maximum atomic E-state index is 11.0. The summed E-state index contributed by atoms with van der Waals surface area (Å²) in [5, 5.41) is 21.9. The normalized spacial score (nSPS) is 19.6. The number of hydrogen-bond donors (Lipinski definition) is 2. The van der Waals surface area contributed by atoms with Crippen molar-refractivity contribution < 1.29 is 14.9 Å². The number of rotatable bonds is 7. The molecular weight excluding hydrogens is 416 g/mol. The van der Waals surface area contributed by atoms with Crippen LogP contribution in [0.5, 0.6) is 5.75 Å². The molecule has 172 valence electrons. The van der Waals surface area contributed by atoms with E-state index in [1.807, 2.05) is 24.3 Å². The monoisotopic (exact) mass is 446 g/mol. The molecule has 3 heterocycles. The number of ether oxygens (including phenoxy) is 1. The highest BCUT2D eigenvalue weighted by molar-refractivity contribution is 5.83. The SMILES string of the molecule is COc1ccc2nccc([C@H](O)CC[C@@H]3CCN(CC#Cc4ncccn4)C[C@@H]3CO)c2c1. The lowest BCUT2D eigenvalue weighted by atomic mass is 9.81. The van der Waals surface area contributed by atoms with E-state index in [1.54, 1.807) is 31.8 Å². The van der Waals surface area contributed by atoms with Crippen molar-refractivity contribution in [2.24, 2.45) is 11.8 Å². The van der Waals surface area contributed by atoms with Crippen molar-refractivity contribution in [1.82, 2.24) is 19.9 Å². The zero-order valence-electron chi connectivity index (χ0n) is 18.9. The second-order valence-electron chi connectivity index (χ2n) is 8.48. The van der Waals surface area contributed by atoms with Gasteiger partial charge >= 0.3 is 0 Å². The molecule has 0 aliphatic carbocycles. The van der Waals surface area contributed by atoms with Gasteiger partial charge in [0.05, 0.1) is 25.3 Å². The molecule has 1 aliphatic rings. The van der Waals surface area contributed by atoms with Gasteiger partial charge in [0.1, 0.15) is 5.75 Å². The van der Waals surface area contributed by atoms with E-state index in [0.29, 0.717) is 24.7 Å². The maximum Gasteiger partial charge on any atom is 0.204 e. The lowest BCUT2D eigenvalue weighted by Gasteiger charge is -2.37. The molecule has 1 saturated heterocycles. The second kappa shape index (κ2) is 11.2. The van der Waals surface area contributed by atoms with Crippen LogP contribution < -0.4 is 4.74 Å². The summed E-state index contributed by atoms with van der Waals surface area (Å²) < 4.78 is 5.35.